The molecule has 0 saturated heterocycles. The van der Waals surface area contributed by atoms with E-state index < -0.39 is 5.97 Å². The molecule has 1 N–H and O–H groups in total. The summed E-state index contributed by atoms with van der Waals surface area (Å²) in [5, 5.41) is 10.9. The molecule has 0 aliphatic heterocycles. The van der Waals surface area contributed by atoms with Gasteiger partial charge in [0.15, 0.2) is 0 Å². The van der Waals surface area contributed by atoms with Crippen LogP contribution in [0.25, 0.3) is 10.8 Å². The highest BCUT2D eigenvalue weighted by Gasteiger charge is 2.13. The maximum atomic E-state index is 10.8. The molecule has 0 amide bonds. The van der Waals surface area contributed by atoms with Crippen LogP contribution in [0.3, 0.4) is 0 Å². The molecule has 2 rings (SSSR count). The topological polar surface area (TPSA) is 37.3 Å². The maximum Gasteiger partial charge on any atom is 0.307 e. The summed E-state index contributed by atoms with van der Waals surface area (Å²) in [7, 11) is 0. The molecule has 0 unspecified atom stereocenters. The monoisotopic (exact) mass is 420 g/mol. The van der Waals surface area contributed by atoms with E-state index in [2.05, 4.69) is 47.8 Å². The molecule has 17 heavy (non-hydrogen) atoms. The van der Waals surface area contributed by atoms with Crippen molar-refractivity contribution in [2.24, 2.45) is 0 Å². The van der Waals surface area contributed by atoms with Gasteiger partial charge in [-0.2, -0.15) is 0 Å². The van der Waals surface area contributed by atoms with Crippen LogP contribution in [0.5, 0.6) is 0 Å². The number of rotatable bonds is 2. The minimum absolute atomic E-state index is 0.00678. The molecular formula is C12H7Br3O2. The molecule has 0 aromatic heterocycles. The summed E-state index contributed by atoms with van der Waals surface area (Å²) in [6.07, 6.45) is -0.00678. The lowest BCUT2D eigenvalue weighted by Crippen LogP contribution is -2.02. The van der Waals surface area contributed by atoms with Gasteiger partial charge in [0.25, 0.3) is 0 Å². The molecule has 88 valence electrons. The van der Waals surface area contributed by atoms with E-state index in [1.54, 1.807) is 0 Å². The van der Waals surface area contributed by atoms with Crippen molar-refractivity contribution in [3.05, 3.63) is 43.2 Å². The summed E-state index contributed by atoms with van der Waals surface area (Å²) in [6, 6.07) is 7.82. The van der Waals surface area contributed by atoms with Gasteiger partial charge in [0.05, 0.1) is 6.42 Å². The van der Waals surface area contributed by atoms with Crippen LogP contribution in [-0.4, -0.2) is 11.1 Å². The number of aliphatic carboxylic acids is 1. The van der Waals surface area contributed by atoms with Gasteiger partial charge in [-0.3, -0.25) is 4.79 Å². The third kappa shape index (κ3) is 2.72. The van der Waals surface area contributed by atoms with E-state index in [4.69, 9.17) is 5.11 Å². The summed E-state index contributed by atoms with van der Waals surface area (Å²) >= 11 is 10.3. The molecule has 0 bridgehead atoms. The van der Waals surface area contributed by atoms with E-state index in [1.165, 1.54) is 0 Å². The van der Waals surface area contributed by atoms with E-state index in [0.717, 1.165) is 29.8 Å². The van der Waals surface area contributed by atoms with E-state index in [0.29, 0.717) is 0 Å². The largest absolute Gasteiger partial charge is 0.481 e. The number of carboxylic acid groups (broad SMARTS) is 1. The lowest BCUT2D eigenvalue weighted by molar-refractivity contribution is -0.136. The number of fused-ring (bicyclic) bond motifs is 1. The quantitative estimate of drug-likeness (QED) is 0.758. The predicted octanol–water partition coefficient (Wildman–Crippen LogP) is 4.75. The molecule has 0 fully saturated rings. The van der Waals surface area contributed by atoms with Crippen LogP contribution < -0.4 is 0 Å². The van der Waals surface area contributed by atoms with Gasteiger partial charge in [0, 0.05) is 13.4 Å². The van der Waals surface area contributed by atoms with Crippen molar-refractivity contribution in [3.63, 3.8) is 0 Å². The fourth-order valence-corrected chi connectivity index (χ4v) is 3.60. The van der Waals surface area contributed by atoms with Crippen LogP contribution in [-0.2, 0) is 11.2 Å². The van der Waals surface area contributed by atoms with Gasteiger partial charge in [-0.15, -0.1) is 0 Å². The minimum atomic E-state index is -0.845. The zero-order chi connectivity index (χ0) is 12.6. The molecule has 0 aliphatic rings. The van der Waals surface area contributed by atoms with Crippen molar-refractivity contribution < 1.29 is 9.90 Å². The van der Waals surface area contributed by atoms with Crippen molar-refractivity contribution in [1.29, 1.82) is 0 Å². The third-order valence-corrected chi connectivity index (χ3v) is 4.52. The van der Waals surface area contributed by atoms with E-state index in [1.807, 2.05) is 24.3 Å². The Morgan fingerprint density at radius 2 is 1.88 bits per heavy atom. The number of benzene rings is 2. The molecule has 0 saturated carbocycles. The molecule has 2 aromatic carbocycles. The molecule has 0 spiro atoms. The first-order chi connectivity index (χ1) is 7.99. The van der Waals surface area contributed by atoms with Gasteiger partial charge < -0.3 is 5.11 Å². The summed E-state index contributed by atoms with van der Waals surface area (Å²) in [5.74, 6) is -0.845. The number of hydrogen-bond acceptors (Lipinski definition) is 1. The van der Waals surface area contributed by atoms with Crippen LogP contribution >= 0.6 is 47.8 Å². The van der Waals surface area contributed by atoms with Crippen molar-refractivity contribution in [3.8, 4) is 0 Å². The second-order valence-corrected chi connectivity index (χ2v) is 6.15. The van der Waals surface area contributed by atoms with Crippen molar-refractivity contribution in [1.82, 2.24) is 0 Å². The Balaban J connectivity index is 2.71. The fraction of sp³-hybridized carbons (Fsp3) is 0.0833. The van der Waals surface area contributed by atoms with Gasteiger partial charge in [0.1, 0.15) is 0 Å². The number of halogens is 3. The number of carboxylic acids is 1. The van der Waals surface area contributed by atoms with Crippen molar-refractivity contribution >= 4 is 64.5 Å². The van der Waals surface area contributed by atoms with E-state index in [-0.39, 0.29) is 6.42 Å². The Hall–Kier alpha value is -0.390. The average molecular weight is 423 g/mol. The molecule has 2 aromatic rings. The highest BCUT2D eigenvalue weighted by molar-refractivity contribution is 9.11. The Labute approximate surface area is 123 Å². The molecule has 5 heteroatoms. The Morgan fingerprint density at radius 1 is 1.18 bits per heavy atom. The van der Waals surface area contributed by atoms with Gasteiger partial charge in [-0.05, 0) is 50.5 Å². The summed E-state index contributed by atoms with van der Waals surface area (Å²) < 4.78 is 2.63. The summed E-state index contributed by atoms with van der Waals surface area (Å²) in [4.78, 5) is 10.8. The van der Waals surface area contributed by atoms with Crippen LogP contribution in [0.2, 0.25) is 0 Å². The molecular weight excluding hydrogens is 416 g/mol. The third-order valence-electron chi connectivity index (χ3n) is 2.41. The average Bonchev–Trinajstić information content (AvgIpc) is 2.23. The lowest BCUT2D eigenvalue weighted by atomic mass is 10.1. The minimum Gasteiger partial charge on any atom is -0.481 e. The van der Waals surface area contributed by atoms with Crippen molar-refractivity contribution in [2.75, 3.05) is 0 Å². The Kier molecular flexibility index (Phi) is 3.90. The predicted molar refractivity (Wildman–Crippen MR) is 78.4 cm³/mol. The maximum absolute atomic E-state index is 10.8. The lowest BCUT2D eigenvalue weighted by Gasteiger charge is -2.09. The Bertz CT molecular complexity index is 608. The fourth-order valence-electron chi connectivity index (χ4n) is 1.66. The number of carbonyl (C=O) groups is 1. The zero-order valence-electron chi connectivity index (χ0n) is 8.51. The first-order valence-electron chi connectivity index (χ1n) is 4.77. The SMILES string of the molecule is O=C(O)Cc1c(Br)cc2cc(Br)ccc2c1Br. The Morgan fingerprint density at radius 3 is 2.53 bits per heavy atom. The van der Waals surface area contributed by atoms with Crippen LogP contribution in [0.1, 0.15) is 5.56 Å². The summed E-state index contributed by atoms with van der Waals surface area (Å²) in [6.45, 7) is 0. The second kappa shape index (κ2) is 5.08. The molecule has 2 nitrogen and oxygen atoms in total. The summed E-state index contributed by atoms with van der Waals surface area (Å²) in [5.41, 5.74) is 0.757. The first kappa shape index (κ1) is 13.1. The number of hydrogen-bond donors (Lipinski definition) is 1. The molecule has 0 heterocycles. The van der Waals surface area contributed by atoms with E-state index >= 15 is 0 Å². The second-order valence-electron chi connectivity index (χ2n) is 3.59. The van der Waals surface area contributed by atoms with Gasteiger partial charge >= 0.3 is 5.97 Å². The van der Waals surface area contributed by atoms with Crippen LogP contribution in [0.4, 0.5) is 0 Å². The molecule has 0 aliphatic carbocycles. The standard InChI is InChI=1S/C12H7Br3O2/c13-7-1-2-8-6(3-7)4-10(14)9(12(8)15)5-11(16)17/h1-4H,5H2,(H,16,17). The molecule has 0 atom stereocenters. The van der Waals surface area contributed by atoms with Gasteiger partial charge in [0.2, 0.25) is 0 Å². The van der Waals surface area contributed by atoms with Gasteiger partial charge in [-0.1, -0.05) is 37.9 Å². The molecule has 0 radical (unpaired) electrons. The highest BCUT2D eigenvalue weighted by Crippen LogP contribution is 2.35. The zero-order valence-corrected chi connectivity index (χ0v) is 13.3. The highest BCUT2D eigenvalue weighted by atomic mass is 79.9. The first-order valence-corrected chi connectivity index (χ1v) is 7.15. The van der Waals surface area contributed by atoms with Crippen LogP contribution in [0, 0.1) is 0 Å². The van der Waals surface area contributed by atoms with E-state index in [9.17, 15) is 4.79 Å². The smallest absolute Gasteiger partial charge is 0.307 e. The van der Waals surface area contributed by atoms with Crippen molar-refractivity contribution in [2.45, 2.75) is 6.42 Å². The normalized spacial score (nSPS) is 10.8. The van der Waals surface area contributed by atoms with Crippen LogP contribution in [0.15, 0.2) is 37.7 Å². The van der Waals surface area contributed by atoms with Gasteiger partial charge in [-0.25, -0.2) is 0 Å².